The molecule has 0 spiro atoms. The lowest BCUT2D eigenvalue weighted by atomic mass is 10.1. The van der Waals surface area contributed by atoms with E-state index < -0.39 is 0 Å². The van der Waals surface area contributed by atoms with Crippen LogP contribution in [0.5, 0.6) is 0 Å². The van der Waals surface area contributed by atoms with Crippen molar-refractivity contribution < 1.29 is 9.53 Å². The number of hydrogen-bond donors (Lipinski definition) is 1. The van der Waals surface area contributed by atoms with Gasteiger partial charge in [0.1, 0.15) is 15.6 Å². The van der Waals surface area contributed by atoms with E-state index in [1.807, 2.05) is 26.0 Å². The number of hydrogen-bond acceptors (Lipinski definition) is 7. The first-order valence-corrected chi connectivity index (χ1v) is 8.52. The molecule has 0 aliphatic carbocycles. The number of rotatable bonds is 4. The first kappa shape index (κ1) is 17.0. The van der Waals surface area contributed by atoms with Gasteiger partial charge in [0.05, 0.1) is 12.8 Å². The normalized spacial score (nSPS) is 10.6. The summed E-state index contributed by atoms with van der Waals surface area (Å²) in [5.41, 5.74) is 4.55. The lowest BCUT2D eigenvalue weighted by molar-refractivity contribution is 0.0605. The van der Waals surface area contributed by atoms with Crippen LogP contribution in [0.4, 0.5) is 11.6 Å². The lowest BCUT2D eigenvalue weighted by Gasteiger charge is -2.07. The van der Waals surface area contributed by atoms with E-state index in [9.17, 15) is 4.79 Å². The smallest absolute Gasteiger partial charge is 0.349 e. The van der Waals surface area contributed by atoms with Crippen molar-refractivity contribution in [1.29, 1.82) is 0 Å². The van der Waals surface area contributed by atoms with Crippen molar-refractivity contribution in [3.05, 3.63) is 52.2 Å². The van der Waals surface area contributed by atoms with Gasteiger partial charge in [-0.3, -0.25) is 0 Å². The predicted octanol–water partition coefficient (Wildman–Crippen LogP) is 4.06. The van der Waals surface area contributed by atoms with Gasteiger partial charge in [0, 0.05) is 11.9 Å². The third kappa shape index (κ3) is 3.83. The molecule has 128 valence electrons. The molecule has 0 amide bonds. The second-order valence-electron chi connectivity index (χ2n) is 5.69. The SMILES string of the molecule is COC(=O)c1sc(-c2ccnc(Nc3cc(C)cc(C)c3)n2)nc1C. The van der Waals surface area contributed by atoms with Gasteiger partial charge in [0.15, 0.2) is 0 Å². The van der Waals surface area contributed by atoms with Crippen LogP contribution in [0, 0.1) is 20.8 Å². The van der Waals surface area contributed by atoms with E-state index in [1.54, 1.807) is 19.2 Å². The van der Waals surface area contributed by atoms with Crippen LogP contribution in [-0.2, 0) is 4.74 Å². The number of carbonyl (C=O) groups is 1. The maximum absolute atomic E-state index is 11.8. The number of nitrogens with one attached hydrogen (secondary N) is 1. The Kier molecular flexibility index (Phi) is 4.76. The first-order chi connectivity index (χ1) is 12.0. The van der Waals surface area contributed by atoms with Crippen LogP contribution in [-0.4, -0.2) is 28.0 Å². The van der Waals surface area contributed by atoms with Crippen LogP contribution in [0.2, 0.25) is 0 Å². The predicted molar refractivity (Wildman–Crippen MR) is 98.4 cm³/mol. The molecule has 0 saturated heterocycles. The van der Waals surface area contributed by atoms with Gasteiger partial charge in [-0.05, 0) is 50.1 Å². The van der Waals surface area contributed by atoms with Gasteiger partial charge in [-0.2, -0.15) is 0 Å². The highest BCUT2D eigenvalue weighted by molar-refractivity contribution is 7.17. The highest BCUT2D eigenvalue weighted by Crippen LogP contribution is 2.28. The molecular weight excluding hydrogens is 336 g/mol. The number of ether oxygens (including phenoxy) is 1. The Morgan fingerprint density at radius 2 is 1.84 bits per heavy atom. The summed E-state index contributed by atoms with van der Waals surface area (Å²) in [6.07, 6.45) is 1.67. The maximum Gasteiger partial charge on any atom is 0.349 e. The van der Waals surface area contributed by atoms with Crippen molar-refractivity contribution in [2.24, 2.45) is 0 Å². The summed E-state index contributed by atoms with van der Waals surface area (Å²) < 4.78 is 4.78. The van der Waals surface area contributed by atoms with Crippen LogP contribution in [0.15, 0.2) is 30.5 Å². The van der Waals surface area contributed by atoms with E-state index in [0.29, 0.717) is 27.2 Å². The number of aromatic nitrogens is 3. The van der Waals surface area contributed by atoms with Crippen LogP contribution < -0.4 is 5.32 Å². The van der Waals surface area contributed by atoms with Gasteiger partial charge >= 0.3 is 5.97 Å². The van der Waals surface area contributed by atoms with E-state index in [1.165, 1.54) is 18.4 Å². The van der Waals surface area contributed by atoms with Gasteiger partial charge in [-0.1, -0.05) is 6.07 Å². The molecule has 0 saturated carbocycles. The third-order valence-electron chi connectivity index (χ3n) is 3.52. The average molecular weight is 354 g/mol. The van der Waals surface area contributed by atoms with E-state index in [2.05, 4.69) is 26.3 Å². The van der Waals surface area contributed by atoms with Crippen LogP contribution in [0.1, 0.15) is 26.5 Å². The Labute approximate surface area is 149 Å². The molecule has 2 aromatic heterocycles. The minimum absolute atomic E-state index is 0.385. The second kappa shape index (κ2) is 6.98. The molecule has 3 aromatic rings. The Morgan fingerprint density at radius 1 is 1.12 bits per heavy atom. The van der Waals surface area contributed by atoms with Crippen LogP contribution in [0.25, 0.3) is 10.7 Å². The molecule has 0 fully saturated rings. The molecule has 1 aromatic carbocycles. The fraction of sp³-hybridized carbons (Fsp3) is 0.222. The summed E-state index contributed by atoms with van der Waals surface area (Å²) in [4.78, 5) is 25.4. The zero-order valence-corrected chi connectivity index (χ0v) is 15.3. The molecule has 0 unspecified atom stereocenters. The molecule has 25 heavy (non-hydrogen) atoms. The van der Waals surface area contributed by atoms with Gasteiger partial charge in [-0.15, -0.1) is 11.3 Å². The van der Waals surface area contributed by atoms with Crippen molar-refractivity contribution >= 4 is 28.9 Å². The fourth-order valence-corrected chi connectivity index (χ4v) is 3.46. The monoisotopic (exact) mass is 354 g/mol. The number of methoxy groups -OCH3 is 1. The molecule has 3 rings (SSSR count). The summed E-state index contributed by atoms with van der Waals surface area (Å²) >= 11 is 1.26. The summed E-state index contributed by atoms with van der Waals surface area (Å²) in [5.74, 6) is 0.0962. The number of benzene rings is 1. The Morgan fingerprint density at radius 3 is 2.52 bits per heavy atom. The van der Waals surface area contributed by atoms with Gasteiger partial charge in [0.25, 0.3) is 0 Å². The zero-order valence-electron chi connectivity index (χ0n) is 14.5. The van der Waals surface area contributed by atoms with Gasteiger partial charge in [-0.25, -0.2) is 19.7 Å². The first-order valence-electron chi connectivity index (χ1n) is 7.71. The molecule has 0 aliphatic heterocycles. The fourth-order valence-electron chi connectivity index (χ4n) is 2.50. The summed E-state index contributed by atoms with van der Waals surface area (Å²) in [5, 5.41) is 3.87. The highest BCUT2D eigenvalue weighted by atomic mass is 32.1. The van der Waals surface area contributed by atoms with Crippen LogP contribution >= 0.6 is 11.3 Å². The van der Waals surface area contributed by atoms with Crippen molar-refractivity contribution in [2.75, 3.05) is 12.4 Å². The summed E-state index contributed by atoms with van der Waals surface area (Å²) in [7, 11) is 1.36. The standard InChI is InChI=1S/C18H18N4O2S/c1-10-7-11(2)9-13(8-10)21-18-19-6-5-14(22-18)16-20-12(3)15(25-16)17(23)24-4/h5-9H,1-4H3,(H,19,21,22). The minimum Gasteiger partial charge on any atom is -0.465 e. The molecule has 0 bridgehead atoms. The minimum atomic E-state index is -0.385. The molecule has 0 atom stereocenters. The Bertz CT molecular complexity index is 916. The van der Waals surface area contributed by atoms with E-state index in [-0.39, 0.29) is 5.97 Å². The number of carbonyl (C=O) groups excluding carboxylic acids is 1. The number of esters is 1. The average Bonchev–Trinajstić information content (AvgIpc) is 2.95. The van der Waals surface area contributed by atoms with Gasteiger partial charge < -0.3 is 10.1 Å². The number of nitrogens with zero attached hydrogens (tertiary/aromatic N) is 3. The van der Waals surface area contributed by atoms with E-state index >= 15 is 0 Å². The van der Waals surface area contributed by atoms with Gasteiger partial charge in [0.2, 0.25) is 5.95 Å². The van der Waals surface area contributed by atoms with Crippen LogP contribution in [0.3, 0.4) is 0 Å². The van der Waals surface area contributed by atoms with Crippen molar-refractivity contribution in [2.45, 2.75) is 20.8 Å². The Balaban J connectivity index is 1.90. The molecular formula is C18H18N4O2S. The van der Waals surface area contributed by atoms with E-state index in [0.717, 1.165) is 16.8 Å². The maximum atomic E-state index is 11.8. The second-order valence-corrected chi connectivity index (χ2v) is 6.69. The number of anilines is 2. The number of thiazole rings is 1. The quantitative estimate of drug-likeness (QED) is 0.712. The molecule has 1 N–H and O–H groups in total. The van der Waals surface area contributed by atoms with Crippen molar-refractivity contribution in [1.82, 2.24) is 15.0 Å². The molecule has 0 aliphatic rings. The van der Waals surface area contributed by atoms with Crippen molar-refractivity contribution in [3.8, 4) is 10.7 Å². The summed E-state index contributed by atoms with van der Waals surface area (Å²) in [6, 6.07) is 7.94. The summed E-state index contributed by atoms with van der Waals surface area (Å²) in [6.45, 7) is 5.87. The zero-order chi connectivity index (χ0) is 18.0. The largest absolute Gasteiger partial charge is 0.465 e. The molecule has 7 heteroatoms. The lowest BCUT2D eigenvalue weighted by Crippen LogP contribution is -1.99. The topological polar surface area (TPSA) is 77.0 Å². The van der Waals surface area contributed by atoms with E-state index in [4.69, 9.17) is 4.74 Å². The third-order valence-corrected chi connectivity index (χ3v) is 4.68. The molecule has 0 radical (unpaired) electrons. The number of aryl methyl sites for hydroxylation is 3. The highest BCUT2D eigenvalue weighted by Gasteiger charge is 2.17. The Hall–Kier alpha value is -2.80. The molecule has 2 heterocycles. The van der Waals surface area contributed by atoms with Crippen molar-refractivity contribution in [3.63, 3.8) is 0 Å². The molecule has 6 nitrogen and oxygen atoms in total.